The standard InChI is InChI=1S/C16H18Cl2N2/c1-19-16(12-3-4-12)13-6-7-20(10-13)9-11-2-5-14(17)15(18)8-11/h2,5-8,10,12,16,19H,3-4,9H2,1H3. The molecule has 3 rings (SSSR count). The van der Waals surface area contributed by atoms with E-state index in [0.29, 0.717) is 16.1 Å². The lowest BCUT2D eigenvalue weighted by molar-refractivity contribution is 0.528. The molecule has 1 aliphatic carbocycles. The number of hydrogen-bond donors (Lipinski definition) is 1. The monoisotopic (exact) mass is 308 g/mol. The quantitative estimate of drug-likeness (QED) is 0.859. The number of aromatic nitrogens is 1. The van der Waals surface area contributed by atoms with Gasteiger partial charge in [-0.1, -0.05) is 29.3 Å². The third-order valence-electron chi connectivity index (χ3n) is 3.89. The van der Waals surface area contributed by atoms with Crippen molar-refractivity contribution in [1.82, 2.24) is 9.88 Å². The van der Waals surface area contributed by atoms with E-state index in [-0.39, 0.29) is 0 Å². The molecule has 0 aliphatic heterocycles. The minimum atomic E-state index is 0.491. The average molecular weight is 309 g/mol. The molecule has 0 amide bonds. The highest BCUT2D eigenvalue weighted by atomic mass is 35.5. The van der Waals surface area contributed by atoms with Gasteiger partial charge in [-0.3, -0.25) is 0 Å². The zero-order valence-electron chi connectivity index (χ0n) is 11.4. The van der Waals surface area contributed by atoms with Crippen LogP contribution in [0, 0.1) is 5.92 Å². The van der Waals surface area contributed by atoms with E-state index in [2.05, 4.69) is 28.3 Å². The fraction of sp³-hybridized carbons (Fsp3) is 0.375. The molecule has 2 aromatic rings. The van der Waals surface area contributed by atoms with Crippen LogP contribution >= 0.6 is 23.2 Å². The Morgan fingerprint density at radius 2 is 2.05 bits per heavy atom. The fourth-order valence-corrected chi connectivity index (χ4v) is 3.02. The molecule has 106 valence electrons. The molecule has 1 atom stereocenters. The smallest absolute Gasteiger partial charge is 0.0595 e. The van der Waals surface area contributed by atoms with Gasteiger partial charge in [0.05, 0.1) is 10.0 Å². The number of rotatable bonds is 5. The van der Waals surface area contributed by atoms with Crippen molar-refractivity contribution in [3.8, 4) is 0 Å². The molecule has 0 radical (unpaired) electrons. The highest BCUT2D eigenvalue weighted by molar-refractivity contribution is 6.42. The molecule has 0 bridgehead atoms. The number of benzene rings is 1. The van der Waals surface area contributed by atoms with E-state index in [9.17, 15) is 0 Å². The lowest BCUT2D eigenvalue weighted by Crippen LogP contribution is -2.17. The van der Waals surface area contributed by atoms with Gasteiger partial charge in [0.15, 0.2) is 0 Å². The third-order valence-corrected chi connectivity index (χ3v) is 4.63. The van der Waals surface area contributed by atoms with Crippen LogP contribution in [0.5, 0.6) is 0 Å². The van der Waals surface area contributed by atoms with Crippen LogP contribution in [0.25, 0.3) is 0 Å². The zero-order valence-corrected chi connectivity index (χ0v) is 13.0. The van der Waals surface area contributed by atoms with Gasteiger partial charge in [-0.2, -0.15) is 0 Å². The maximum atomic E-state index is 6.06. The Morgan fingerprint density at radius 3 is 2.70 bits per heavy atom. The van der Waals surface area contributed by atoms with Crippen molar-refractivity contribution in [2.75, 3.05) is 7.05 Å². The highest BCUT2D eigenvalue weighted by Crippen LogP contribution is 2.40. The van der Waals surface area contributed by atoms with E-state index in [1.165, 1.54) is 18.4 Å². The zero-order chi connectivity index (χ0) is 14.1. The van der Waals surface area contributed by atoms with Crippen LogP contribution in [0.2, 0.25) is 10.0 Å². The van der Waals surface area contributed by atoms with Crippen LogP contribution in [-0.2, 0) is 6.54 Å². The first-order valence-corrected chi connectivity index (χ1v) is 7.70. The second-order valence-electron chi connectivity index (χ2n) is 5.47. The molecular formula is C16H18Cl2N2. The van der Waals surface area contributed by atoms with Gasteiger partial charge < -0.3 is 9.88 Å². The summed E-state index contributed by atoms with van der Waals surface area (Å²) in [5.41, 5.74) is 2.53. The predicted octanol–water partition coefficient (Wildman–Crippen LogP) is 4.51. The first kappa shape index (κ1) is 14.0. The van der Waals surface area contributed by atoms with Crippen LogP contribution in [0.3, 0.4) is 0 Å². The van der Waals surface area contributed by atoms with E-state index < -0.39 is 0 Å². The van der Waals surface area contributed by atoms with Gasteiger partial charge in [0.2, 0.25) is 0 Å². The van der Waals surface area contributed by atoms with E-state index in [1.807, 2.05) is 25.2 Å². The first-order chi connectivity index (χ1) is 9.67. The average Bonchev–Trinajstić information content (AvgIpc) is 3.16. The molecule has 0 saturated heterocycles. The Bertz CT molecular complexity index is 602. The second-order valence-corrected chi connectivity index (χ2v) is 6.28. The minimum Gasteiger partial charge on any atom is -0.350 e. The summed E-state index contributed by atoms with van der Waals surface area (Å²) in [6, 6.07) is 8.50. The number of halogens is 2. The van der Waals surface area contributed by atoms with E-state index in [0.717, 1.165) is 18.0 Å². The Morgan fingerprint density at radius 1 is 1.25 bits per heavy atom. The summed E-state index contributed by atoms with van der Waals surface area (Å²) in [5.74, 6) is 0.806. The lowest BCUT2D eigenvalue weighted by atomic mass is 10.1. The normalized spacial score (nSPS) is 16.4. The molecule has 1 fully saturated rings. The molecule has 1 heterocycles. The van der Waals surface area contributed by atoms with Gasteiger partial charge in [-0.15, -0.1) is 0 Å². The van der Waals surface area contributed by atoms with E-state index in [1.54, 1.807) is 0 Å². The molecule has 20 heavy (non-hydrogen) atoms. The summed E-state index contributed by atoms with van der Waals surface area (Å²) in [4.78, 5) is 0. The summed E-state index contributed by atoms with van der Waals surface area (Å²) >= 11 is 12.0. The predicted molar refractivity (Wildman–Crippen MR) is 84.5 cm³/mol. The summed E-state index contributed by atoms with van der Waals surface area (Å²) in [5, 5.41) is 4.64. The number of nitrogens with zero attached hydrogens (tertiary/aromatic N) is 1. The molecule has 0 spiro atoms. The van der Waals surface area contributed by atoms with Gasteiger partial charge >= 0.3 is 0 Å². The van der Waals surface area contributed by atoms with E-state index in [4.69, 9.17) is 23.2 Å². The second kappa shape index (κ2) is 5.80. The summed E-state index contributed by atoms with van der Waals surface area (Å²) in [6.07, 6.45) is 7.03. The Balaban J connectivity index is 1.74. The van der Waals surface area contributed by atoms with Crippen LogP contribution in [0.1, 0.15) is 30.0 Å². The van der Waals surface area contributed by atoms with Crippen LogP contribution in [-0.4, -0.2) is 11.6 Å². The highest BCUT2D eigenvalue weighted by Gasteiger charge is 2.31. The maximum absolute atomic E-state index is 6.06. The molecular weight excluding hydrogens is 291 g/mol. The van der Waals surface area contributed by atoms with Gasteiger partial charge in [-0.05, 0) is 55.1 Å². The molecule has 1 aliphatic rings. The van der Waals surface area contributed by atoms with Crippen molar-refractivity contribution in [2.45, 2.75) is 25.4 Å². The van der Waals surface area contributed by atoms with Crippen molar-refractivity contribution in [1.29, 1.82) is 0 Å². The molecule has 1 unspecified atom stereocenters. The topological polar surface area (TPSA) is 17.0 Å². The maximum Gasteiger partial charge on any atom is 0.0595 e. The summed E-state index contributed by atoms with van der Waals surface area (Å²) in [6.45, 7) is 0.817. The Hall–Kier alpha value is -0.960. The molecule has 1 saturated carbocycles. The third kappa shape index (κ3) is 3.03. The Kier molecular flexibility index (Phi) is 4.06. The van der Waals surface area contributed by atoms with Crippen molar-refractivity contribution in [3.63, 3.8) is 0 Å². The first-order valence-electron chi connectivity index (χ1n) is 6.94. The molecule has 4 heteroatoms. The molecule has 2 nitrogen and oxygen atoms in total. The number of hydrogen-bond acceptors (Lipinski definition) is 1. The lowest BCUT2D eigenvalue weighted by Gasteiger charge is -2.13. The van der Waals surface area contributed by atoms with E-state index >= 15 is 0 Å². The Labute approximate surface area is 129 Å². The SMILES string of the molecule is CNC(c1ccn(Cc2ccc(Cl)c(Cl)c2)c1)C1CC1. The van der Waals surface area contributed by atoms with Crippen molar-refractivity contribution >= 4 is 23.2 Å². The molecule has 1 aromatic carbocycles. The largest absolute Gasteiger partial charge is 0.350 e. The van der Waals surface area contributed by atoms with Crippen LogP contribution in [0.4, 0.5) is 0 Å². The van der Waals surface area contributed by atoms with Gasteiger partial charge in [0.1, 0.15) is 0 Å². The summed E-state index contributed by atoms with van der Waals surface area (Å²) < 4.78 is 2.20. The minimum absolute atomic E-state index is 0.491. The van der Waals surface area contributed by atoms with Crippen molar-refractivity contribution < 1.29 is 0 Å². The van der Waals surface area contributed by atoms with Crippen LogP contribution < -0.4 is 5.32 Å². The molecule has 1 N–H and O–H groups in total. The van der Waals surface area contributed by atoms with Gasteiger partial charge in [0, 0.05) is 25.0 Å². The van der Waals surface area contributed by atoms with Crippen molar-refractivity contribution in [3.05, 3.63) is 57.8 Å². The summed E-state index contributed by atoms with van der Waals surface area (Å²) in [7, 11) is 2.04. The number of nitrogens with one attached hydrogen (secondary N) is 1. The molecule has 1 aromatic heterocycles. The van der Waals surface area contributed by atoms with Crippen LogP contribution in [0.15, 0.2) is 36.7 Å². The van der Waals surface area contributed by atoms with Crippen molar-refractivity contribution in [2.24, 2.45) is 5.92 Å². The van der Waals surface area contributed by atoms with Gasteiger partial charge in [0.25, 0.3) is 0 Å². The fourth-order valence-electron chi connectivity index (χ4n) is 2.69. The van der Waals surface area contributed by atoms with Gasteiger partial charge in [-0.25, -0.2) is 0 Å².